The fourth-order valence-corrected chi connectivity index (χ4v) is 6.55. The minimum Gasteiger partial charge on any atom is -0.439 e. The molecule has 3 saturated heterocycles. The van der Waals surface area contributed by atoms with E-state index in [9.17, 15) is 4.79 Å². The monoisotopic (exact) mass is 600 g/mol. The fraction of sp³-hybridized carbons (Fsp3) is 0.387. The maximum absolute atomic E-state index is 13.8. The van der Waals surface area contributed by atoms with E-state index in [1.54, 1.807) is 0 Å². The molecule has 222 valence electrons. The third-order valence-corrected chi connectivity index (χ3v) is 8.82. The van der Waals surface area contributed by atoms with Crippen LogP contribution in [0, 0.1) is 0 Å². The quantitative estimate of drug-likeness (QED) is 0.303. The summed E-state index contributed by atoms with van der Waals surface area (Å²) < 4.78 is 11.6. The Labute approximate surface area is 254 Å². The predicted octanol–water partition coefficient (Wildman–Crippen LogP) is 4.94. The number of benzene rings is 2. The van der Waals surface area contributed by atoms with Crippen molar-refractivity contribution in [1.29, 1.82) is 0 Å². The Bertz CT molecular complexity index is 1520. The molecule has 2 amide bonds. The molecule has 3 aliphatic heterocycles. The van der Waals surface area contributed by atoms with Crippen LogP contribution < -0.4 is 4.74 Å². The molecule has 3 fully saturated rings. The van der Waals surface area contributed by atoms with Gasteiger partial charge in [-0.05, 0) is 72.0 Å². The van der Waals surface area contributed by atoms with Crippen LogP contribution in [0.25, 0.3) is 11.4 Å². The van der Waals surface area contributed by atoms with Gasteiger partial charge in [-0.25, -0.2) is 9.78 Å². The van der Waals surface area contributed by atoms with Gasteiger partial charge < -0.3 is 19.3 Å². The number of carbonyl (C=O) groups is 1. The first-order chi connectivity index (χ1) is 21.1. The highest BCUT2D eigenvalue weighted by Crippen LogP contribution is 2.37. The SMILES string of the molecule is O=C1N(C2CCOC2)CC(c2cccc(Cl)c2)N1C1CCN(Cc2ccc(Oc3ccc(-c4nn[nH]n4)cc3)nc2)CC1. The van der Waals surface area contributed by atoms with E-state index in [4.69, 9.17) is 21.1 Å². The van der Waals surface area contributed by atoms with Crippen molar-refractivity contribution >= 4 is 17.6 Å². The van der Waals surface area contributed by atoms with Crippen LogP contribution in [0.3, 0.4) is 0 Å². The van der Waals surface area contributed by atoms with Gasteiger partial charge in [-0.2, -0.15) is 5.21 Å². The molecule has 0 aliphatic carbocycles. The number of nitrogens with zero attached hydrogens (tertiary/aromatic N) is 7. The molecule has 2 aromatic carbocycles. The average molecular weight is 601 g/mol. The largest absolute Gasteiger partial charge is 0.439 e. The van der Waals surface area contributed by atoms with Crippen molar-refractivity contribution in [2.24, 2.45) is 0 Å². The molecular formula is C31H33ClN8O3. The summed E-state index contributed by atoms with van der Waals surface area (Å²) in [5.74, 6) is 1.75. The van der Waals surface area contributed by atoms with Gasteiger partial charge in [0.25, 0.3) is 0 Å². The van der Waals surface area contributed by atoms with Crippen molar-refractivity contribution in [3.05, 3.63) is 83.0 Å². The van der Waals surface area contributed by atoms with Gasteiger partial charge in [-0.15, -0.1) is 10.2 Å². The Morgan fingerprint density at radius 1 is 1.02 bits per heavy atom. The van der Waals surface area contributed by atoms with E-state index >= 15 is 0 Å². The third kappa shape index (κ3) is 6.06. The van der Waals surface area contributed by atoms with Gasteiger partial charge in [0.2, 0.25) is 11.7 Å². The standard InChI is InChI=1S/C31H33ClN8O3/c32-24-3-1-2-23(16-24)28-19-39(26-12-15-42-20-26)31(41)40(28)25-10-13-38(14-11-25)18-21-4-9-29(33-17-21)43-27-7-5-22(6-8-27)30-34-36-37-35-30/h1-9,16-17,25-26,28H,10-15,18-20H2,(H,34,35,36,37). The van der Waals surface area contributed by atoms with Crippen molar-refractivity contribution in [2.75, 3.05) is 32.8 Å². The number of tetrazole rings is 1. The maximum atomic E-state index is 13.8. The number of hydrogen-bond donors (Lipinski definition) is 1. The lowest BCUT2D eigenvalue weighted by atomic mass is 9.99. The molecule has 0 bridgehead atoms. The average Bonchev–Trinajstić information content (AvgIpc) is 3.82. The summed E-state index contributed by atoms with van der Waals surface area (Å²) in [6.07, 6.45) is 4.61. The number of hydrogen-bond acceptors (Lipinski definition) is 8. The van der Waals surface area contributed by atoms with E-state index < -0.39 is 0 Å². The van der Waals surface area contributed by atoms with Gasteiger partial charge in [-0.1, -0.05) is 29.8 Å². The first-order valence-electron chi connectivity index (χ1n) is 14.7. The van der Waals surface area contributed by atoms with Crippen molar-refractivity contribution < 1.29 is 14.3 Å². The number of halogens is 1. The summed E-state index contributed by atoms with van der Waals surface area (Å²) in [6, 6.07) is 19.8. The number of ether oxygens (including phenoxy) is 2. The molecule has 7 rings (SSSR count). The minimum atomic E-state index is -0.00437. The zero-order valence-electron chi connectivity index (χ0n) is 23.7. The van der Waals surface area contributed by atoms with E-state index in [-0.39, 0.29) is 24.2 Å². The van der Waals surface area contributed by atoms with Crippen molar-refractivity contribution in [1.82, 2.24) is 40.3 Å². The molecule has 3 aliphatic rings. The second kappa shape index (κ2) is 12.3. The zero-order valence-corrected chi connectivity index (χ0v) is 24.4. The van der Waals surface area contributed by atoms with E-state index in [0.29, 0.717) is 42.2 Å². The number of nitrogens with one attached hydrogen (secondary N) is 1. The number of pyridine rings is 1. The van der Waals surface area contributed by atoms with Crippen LogP contribution in [0.15, 0.2) is 66.9 Å². The number of carbonyl (C=O) groups excluding carboxylic acids is 1. The van der Waals surface area contributed by atoms with Gasteiger partial charge >= 0.3 is 6.03 Å². The number of H-pyrrole nitrogens is 1. The molecule has 2 aromatic heterocycles. The lowest BCUT2D eigenvalue weighted by Gasteiger charge is -2.39. The van der Waals surface area contributed by atoms with Gasteiger partial charge in [0.15, 0.2) is 0 Å². The van der Waals surface area contributed by atoms with Crippen LogP contribution in [0.2, 0.25) is 5.02 Å². The Morgan fingerprint density at radius 2 is 1.88 bits per heavy atom. The van der Waals surface area contributed by atoms with E-state index in [1.807, 2.05) is 59.6 Å². The number of piperidine rings is 1. The molecule has 0 radical (unpaired) electrons. The second-order valence-corrected chi connectivity index (χ2v) is 11.7. The summed E-state index contributed by atoms with van der Waals surface area (Å²) in [6.45, 7) is 4.63. The number of likely N-dealkylation sites (tertiary alicyclic amines) is 1. The summed E-state index contributed by atoms with van der Waals surface area (Å²) >= 11 is 6.36. The van der Waals surface area contributed by atoms with Gasteiger partial charge in [0.1, 0.15) is 5.75 Å². The van der Waals surface area contributed by atoms with E-state index in [1.165, 1.54) is 0 Å². The maximum Gasteiger partial charge on any atom is 0.321 e. The molecule has 0 spiro atoms. The fourth-order valence-electron chi connectivity index (χ4n) is 6.35. The summed E-state index contributed by atoms with van der Waals surface area (Å²) in [5, 5.41) is 14.7. The molecular weight excluding hydrogens is 568 g/mol. The van der Waals surface area contributed by atoms with E-state index in [0.717, 1.165) is 55.6 Å². The highest BCUT2D eigenvalue weighted by molar-refractivity contribution is 6.30. The van der Waals surface area contributed by atoms with Crippen molar-refractivity contribution in [2.45, 2.75) is 43.9 Å². The smallest absolute Gasteiger partial charge is 0.321 e. The minimum absolute atomic E-state index is 0.00437. The Balaban J connectivity index is 0.960. The highest BCUT2D eigenvalue weighted by atomic mass is 35.5. The molecule has 5 heterocycles. The molecule has 0 saturated carbocycles. The Hall–Kier alpha value is -4.06. The van der Waals surface area contributed by atoms with Crippen LogP contribution in [-0.2, 0) is 11.3 Å². The van der Waals surface area contributed by atoms with Crippen LogP contribution in [0.5, 0.6) is 11.6 Å². The predicted molar refractivity (Wildman–Crippen MR) is 160 cm³/mol. The Morgan fingerprint density at radius 3 is 2.58 bits per heavy atom. The Kier molecular flexibility index (Phi) is 7.92. The van der Waals surface area contributed by atoms with Crippen LogP contribution in [0.4, 0.5) is 4.79 Å². The van der Waals surface area contributed by atoms with Crippen LogP contribution >= 0.6 is 11.6 Å². The molecule has 12 heteroatoms. The summed E-state index contributed by atoms with van der Waals surface area (Å²) in [7, 11) is 0. The lowest BCUT2D eigenvalue weighted by Crippen LogP contribution is -2.48. The number of aromatic nitrogens is 5. The first kappa shape index (κ1) is 27.8. The summed E-state index contributed by atoms with van der Waals surface area (Å²) in [4.78, 5) is 24.9. The normalized spacial score (nSPS) is 21.6. The second-order valence-electron chi connectivity index (χ2n) is 11.3. The van der Waals surface area contributed by atoms with Crippen LogP contribution in [-0.4, -0.2) is 91.3 Å². The number of rotatable bonds is 8. The lowest BCUT2D eigenvalue weighted by molar-refractivity contribution is 0.107. The zero-order chi connectivity index (χ0) is 29.2. The van der Waals surface area contributed by atoms with Crippen molar-refractivity contribution in [3.63, 3.8) is 0 Å². The molecule has 1 N–H and O–H groups in total. The van der Waals surface area contributed by atoms with Crippen LogP contribution in [0.1, 0.15) is 36.4 Å². The molecule has 11 nitrogen and oxygen atoms in total. The molecule has 2 atom stereocenters. The number of aromatic amines is 1. The first-order valence-corrected chi connectivity index (χ1v) is 15.1. The van der Waals surface area contributed by atoms with Crippen molar-refractivity contribution in [3.8, 4) is 23.0 Å². The third-order valence-electron chi connectivity index (χ3n) is 8.59. The van der Waals surface area contributed by atoms with Gasteiger partial charge in [0, 0.05) is 61.7 Å². The van der Waals surface area contributed by atoms with E-state index in [2.05, 4.69) is 47.5 Å². The molecule has 2 unspecified atom stereocenters. The molecule has 4 aromatic rings. The number of amides is 2. The van der Waals surface area contributed by atoms with Gasteiger partial charge in [0.05, 0.1) is 18.7 Å². The highest BCUT2D eigenvalue weighted by Gasteiger charge is 2.45. The topological polar surface area (TPSA) is 113 Å². The molecule has 43 heavy (non-hydrogen) atoms. The summed E-state index contributed by atoms with van der Waals surface area (Å²) in [5.41, 5.74) is 3.07. The number of urea groups is 1. The van der Waals surface area contributed by atoms with Gasteiger partial charge in [-0.3, -0.25) is 4.90 Å².